The van der Waals surface area contributed by atoms with Gasteiger partial charge < -0.3 is 11.5 Å². The second-order valence-corrected chi connectivity index (χ2v) is 6.28. The fourth-order valence-electron chi connectivity index (χ4n) is 0.858. The van der Waals surface area contributed by atoms with Crippen LogP contribution in [-0.4, -0.2) is 47.5 Å². The molecule has 0 bridgehead atoms. The summed E-state index contributed by atoms with van der Waals surface area (Å²) >= 11 is 0. The summed E-state index contributed by atoms with van der Waals surface area (Å²) in [6, 6.07) is -2.09. The van der Waals surface area contributed by atoms with Crippen molar-refractivity contribution in [1.82, 2.24) is 0 Å². The predicted octanol–water partition coefficient (Wildman–Crippen LogP) is -1.40. The molecular formula is C10H12N2O8S2. The van der Waals surface area contributed by atoms with Gasteiger partial charge in [0.2, 0.25) is 0 Å². The lowest BCUT2D eigenvalue weighted by atomic mass is 10.4. The van der Waals surface area contributed by atoms with Gasteiger partial charge in [-0.05, 0) is 0 Å². The Kier molecular flexibility index (Phi) is 7.73. The van der Waals surface area contributed by atoms with Gasteiger partial charge in [-0.2, -0.15) is 0 Å². The van der Waals surface area contributed by atoms with E-state index in [0.717, 1.165) is 21.6 Å². The van der Waals surface area contributed by atoms with Gasteiger partial charge in [-0.1, -0.05) is 21.6 Å². The summed E-state index contributed by atoms with van der Waals surface area (Å²) in [6.07, 6.45) is 1.21. The van der Waals surface area contributed by atoms with Crippen molar-refractivity contribution in [3.05, 3.63) is 12.2 Å². The minimum absolute atomic E-state index is 0.133. The Morgan fingerprint density at radius 3 is 1.50 bits per heavy atom. The van der Waals surface area contributed by atoms with Crippen LogP contribution in [0.2, 0.25) is 0 Å². The zero-order valence-electron chi connectivity index (χ0n) is 11.0. The second kappa shape index (κ2) is 9.30. The molecule has 22 heavy (non-hydrogen) atoms. The standard InChI is InChI=1S/C10H12N2O8S2/c11-5-3-21-22-4-6(12)10(16)20-18-8(14)2-1-7(13)17-19-9(5)15/h1-2,5-6H,3-4,11-12H2/b2-1-. The number of rotatable bonds is 0. The van der Waals surface area contributed by atoms with E-state index in [-0.39, 0.29) is 11.5 Å². The molecule has 2 atom stereocenters. The van der Waals surface area contributed by atoms with Crippen molar-refractivity contribution in [2.45, 2.75) is 12.1 Å². The van der Waals surface area contributed by atoms with Gasteiger partial charge in [-0.25, -0.2) is 38.7 Å². The van der Waals surface area contributed by atoms with E-state index in [9.17, 15) is 19.2 Å². The topological polar surface area (TPSA) is 157 Å². The quantitative estimate of drug-likeness (QED) is 0.388. The Bertz CT molecular complexity index is 442. The summed E-state index contributed by atoms with van der Waals surface area (Å²) < 4.78 is 0. The third kappa shape index (κ3) is 6.80. The third-order valence-electron chi connectivity index (χ3n) is 1.95. The van der Waals surface area contributed by atoms with Crippen LogP contribution in [0.25, 0.3) is 0 Å². The fourth-order valence-corrected chi connectivity index (χ4v) is 3.07. The first kappa shape index (κ1) is 18.3. The van der Waals surface area contributed by atoms with E-state index in [1.54, 1.807) is 0 Å². The molecule has 10 nitrogen and oxygen atoms in total. The average molecular weight is 352 g/mol. The maximum absolute atomic E-state index is 11.4. The van der Waals surface area contributed by atoms with E-state index in [2.05, 4.69) is 19.6 Å². The summed E-state index contributed by atoms with van der Waals surface area (Å²) in [5.41, 5.74) is 11.0. The number of carbonyl (C=O) groups excluding carboxylic acids is 4. The number of hydrogen-bond acceptors (Lipinski definition) is 12. The van der Waals surface area contributed by atoms with Gasteiger partial charge in [0.1, 0.15) is 12.1 Å². The molecule has 4 N–H and O–H groups in total. The monoisotopic (exact) mass is 352 g/mol. The largest absolute Gasteiger partial charge is 0.379 e. The summed E-state index contributed by atoms with van der Waals surface area (Å²) in [5, 5.41) is 0. The van der Waals surface area contributed by atoms with Crippen molar-refractivity contribution in [2.24, 2.45) is 11.5 Å². The first-order valence-electron chi connectivity index (χ1n) is 5.68. The van der Waals surface area contributed by atoms with Gasteiger partial charge in [-0.15, -0.1) is 0 Å². The van der Waals surface area contributed by atoms with E-state index >= 15 is 0 Å². The predicted molar refractivity (Wildman–Crippen MR) is 74.4 cm³/mol. The highest BCUT2D eigenvalue weighted by Crippen LogP contribution is 2.22. The second-order valence-electron chi connectivity index (χ2n) is 3.72. The van der Waals surface area contributed by atoms with Crippen LogP contribution in [0.3, 0.4) is 0 Å². The van der Waals surface area contributed by atoms with Gasteiger partial charge in [-0.3, -0.25) is 0 Å². The van der Waals surface area contributed by atoms with E-state index in [1.165, 1.54) is 0 Å². The van der Waals surface area contributed by atoms with Crippen molar-refractivity contribution in [3.63, 3.8) is 0 Å². The lowest BCUT2D eigenvalue weighted by molar-refractivity contribution is -0.256. The molecule has 0 aliphatic carbocycles. The van der Waals surface area contributed by atoms with Gasteiger partial charge in [0.05, 0.1) is 0 Å². The van der Waals surface area contributed by atoms with Crippen LogP contribution in [0.4, 0.5) is 0 Å². The Labute approximate surface area is 132 Å². The highest BCUT2D eigenvalue weighted by atomic mass is 33.1. The van der Waals surface area contributed by atoms with Crippen molar-refractivity contribution in [3.8, 4) is 0 Å². The van der Waals surface area contributed by atoms with Crippen LogP contribution in [0.15, 0.2) is 12.2 Å². The third-order valence-corrected chi connectivity index (χ3v) is 4.42. The Hall–Kier alpha value is -1.76. The molecule has 0 aromatic rings. The molecule has 0 saturated heterocycles. The van der Waals surface area contributed by atoms with Crippen LogP contribution in [0.1, 0.15) is 0 Å². The zero-order chi connectivity index (χ0) is 16.5. The first-order valence-corrected chi connectivity index (χ1v) is 8.17. The molecule has 1 aliphatic heterocycles. The van der Waals surface area contributed by atoms with Crippen LogP contribution < -0.4 is 11.5 Å². The normalized spacial score (nSPS) is 27.2. The van der Waals surface area contributed by atoms with Crippen LogP contribution >= 0.6 is 21.6 Å². The minimum atomic E-state index is -1.16. The lowest BCUT2D eigenvalue weighted by Gasteiger charge is -2.11. The van der Waals surface area contributed by atoms with Gasteiger partial charge in [0, 0.05) is 23.7 Å². The molecule has 0 saturated carbocycles. The molecule has 0 fully saturated rings. The molecule has 0 amide bonds. The molecule has 122 valence electrons. The van der Waals surface area contributed by atoms with Gasteiger partial charge in [0.15, 0.2) is 0 Å². The molecule has 0 spiro atoms. The van der Waals surface area contributed by atoms with Crippen molar-refractivity contribution in [1.29, 1.82) is 0 Å². The molecule has 1 rings (SSSR count). The summed E-state index contributed by atoms with van der Waals surface area (Å²) in [4.78, 5) is 61.6. The van der Waals surface area contributed by atoms with Crippen LogP contribution in [-0.2, 0) is 38.7 Å². The molecule has 0 aromatic heterocycles. The van der Waals surface area contributed by atoms with Crippen LogP contribution in [0, 0.1) is 0 Å². The Morgan fingerprint density at radius 1 is 0.773 bits per heavy atom. The highest BCUT2D eigenvalue weighted by Gasteiger charge is 2.21. The van der Waals surface area contributed by atoms with E-state index in [0.29, 0.717) is 12.2 Å². The number of carbonyl (C=O) groups is 4. The van der Waals surface area contributed by atoms with Crippen molar-refractivity contribution >= 4 is 45.5 Å². The van der Waals surface area contributed by atoms with Gasteiger partial charge >= 0.3 is 23.9 Å². The summed E-state index contributed by atoms with van der Waals surface area (Å²) in [6.45, 7) is 0. The maximum atomic E-state index is 11.4. The molecule has 1 heterocycles. The zero-order valence-corrected chi connectivity index (χ0v) is 12.6. The van der Waals surface area contributed by atoms with Crippen molar-refractivity contribution in [2.75, 3.05) is 11.5 Å². The average Bonchev–Trinajstić information content (AvgIpc) is 2.50. The Balaban J connectivity index is 2.68. The first-order chi connectivity index (χ1) is 10.4. The van der Waals surface area contributed by atoms with E-state index in [1.807, 2.05) is 0 Å². The number of hydrogen-bond donors (Lipinski definition) is 2. The highest BCUT2D eigenvalue weighted by molar-refractivity contribution is 8.76. The summed E-state index contributed by atoms with van der Waals surface area (Å²) in [7, 11) is 2.30. The smallest absolute Gasteiger partial charge is 0.318 e. The van der Waals surface area contributed by atoms with E-state index < -0.39 is 36.0 Å². The lowest BCUT2D eigenvalue weighted by Crippen LogP contribution is -2.36. The number of nitrogens with two attached hydrogens (primary N) is 2. The molecule has 2 unspecified atom stereocenters. The molecule has 0 aromatic carbocycles. The Morgan fingerprint density at radius 2 is 1.14 bits per heavy atom. The van der Waals surface area contributed by atoms with Crippen molar-refractivity contribution < 1.29 is 38.7 Å². The molecule has 12 heteroatoms. The SMILES string of the molecule is NC1CSSCC(N)C(=O)OOC(=O)/C=C\C(=O)OOC1=O. The van der Waals surface area contributed by atoms with Gasteiger partial charge in [0.25, 0.3) is 0 Å². The summed E-state index contributed by atoms with van der Waals surface area (Å²) in [5.74, 6) is -3.98. The van der Waals surface area contributed by atoms with Crippen LogP contribution in [0.5, 0.6) is 0 Å². The van der Waals surface area contributed by atoms with E-state index in [4.69, 9.17) is 11.5 Å². The minimum Gasteiger partial charge on any atom is -0.318 e. The fraction of sp³-hybridized carbons (Fsp3) is 0.400. The maximum Gasteiger partial charge on any atom is 0.379 e. The molecule has 0 radical (unpaired) electrons. The molecule has 1 aliphatic rings. The molecular weight excluding hydrogens is 340 g/mol.